The molecule has 0 bridgehead atoms. The maximum Gasteiger partial charge on any atom is 0.573 e. The van der Waals surface area contributed by atoms with E-state index in [2.05, 4.69) is 4.74 Å². The third-order valence-electron chi connectivity index (χ3n) is 5.04. The highest BCUT2D eigenvalue weighted by Crippen LogP contribution is 2.35. The number of nitrogens with zero attached hydrogens (tertiary/aromatic N) is 1. The molecule has 0 fully saturated rings. The molecule has 0 N–H and O–H groups in total. The van der Waals surface area contributed by atoms with Gasteiger partial charge in [0.05, 0.1) is 17.7 Å². The predicted octanol–water partition coefficient (Wildman–Crippen LogP) is 7.24. The summed E-state index contributed by atoms with van der Waals surface area (Å²) in [6, 6.07) is 15.8. The fourth-order valence-corrected chi connectivity index (χ4v) is 4.07. The highest BCUT2D eigenvalue weighted by atomic mass is 35.5. The molecule has 0 saturated heterocycles. The first kappa shape index (κ1) is 24.6. The number of fused-ring (bicyclic) bond motifs is 1. The van der Waals surface area contributed by atoms with Crippen LogP contribution < -0.4 is 4.74 Å². The Balaban J connectivity index is 1.96. The zero-order valence-electron chi connectivity index (χ0n) is 18.0. The molecule has 0 unspecified atom stereocenters. The highest BCUT2D eigenvalue weighted by molar-refractivity contribution is 6.32. The number of ketones is 1. The van der Waals surface area contributed by atoms with Crippen molar-refractivity contribution in [2.24, 2.45) is 0 Å². The lowest BCUT2D eigenvalue weighted by Crippen LogP contribution is -2.17. The van der Waals surface area contributed by atoms with Gasteiger partial charge < -0.3 is 14.0 Å². The van der Waals surface area contributed by atoms with Gasteiger partial charge in [-0.25, -0.2) is 4.79 Å². The van der Waals surface area contributed by atoms with Gasteiger partial charge in [-0.1, -0.05) is 35.3 Å². The average molecular weight is 522 g/mol. The number of aromatic nitrogens is 1. The Bertz CT molecular complexity index is 1430. The molecule has 0 aliphatic heterocycles. The summed E-state index contributed by atoms with van der Waals surface area (Å²) < 4.78 is 48.2. The normalized spacial score (nSPS) is 11.5. The molecule has 3 aromatic carbocycles. The van der Waals surface area contributed by atoms with Crippen molar-refractivity contribution in [2.45, 2.75) is 13.3 Å². The smallest absolute Gasteiger partial charge is 0.461 e. The number of hydrogen-bond donors (Lipinski definition) is 0. The SMILES string of the molecule is CCOC(=O)c1c(C(=O)c2ccc(OC(F)(F)F)cc2)c2ccc(Cl)cc2n1-c1cccc(Cl)c1. The Labute approximate surface area is 207 Å². The van der Waals surface area contributed by atoms with Crippen LogP contribution in [0, 0.1) is 0 Å². The lowest BCUT2D eigenvalue weighted by molar-refractivity contribution is -0.274. The van der Waals surface area contributed by atoms with Crippen LogP contribution >= 0.6 is 23.2 Å². The second-order valence-corrected chi connectivity index (χ2v) is 8.20. The number of carbonyl (C=O) groups is 2. The first-order valence-corrected chi connectivity index (χ1v) is 11.0. The Morgan fingerprint density at radius 1 is 0.943 bits per heavy atom. The lowest BCUT2D eigenvalue weighted by Gasteiger charge is -2.12. The minimum Gasteiger partial charge on any atom is -0.461 e. The Hall–Kier alpha value is -3.49. The van der Waals surface area contributed by atoms with Crippen molar-refractivity contribution >= 4 is 45.9 Å². The summed E-state index contributed by atoms with van der Waals surface area (Å²) in [6.45, 7) is 1.68. The van der Waals surface area contributed by atoms with E-state index in [0.29, 0.717) is 26.6 Å². The van der Waals surface area contributed by atoms with Crippen molar-refractivity contribution in [1.82, 2.24) is 4.57 Å². The van der Waals surface area contributed by atoms with Crippen LogP contribution in [-0.4, -0.2) is 29.3 Å². The topological polar surface area (TPSA) is 57.5 Å². The zero-order chi connectivity index (χ0) is 25.3. The molecule has 10 heteroatoms. The third kappa shape index (κ3) is 5.13. The third-order valence-corrected chi connectivity index (χ3v) is 5.51. The van der Waals surface area contributed by atoms with E-state index in [-0.39, 0.29) is 23.4 Å². The lowest BCUT2D eigenvalue weighted by atomic mass is 10.00. The van der Waals surface area contributed by atoms with Crippen molar-refractivity contribution in [3.8, 4) is 11.4 Å². The standard InChI is InChI=1S/C25H16Cl2F3NO4/c1-2-34-24(33)22-21(23(32)14-6-9-18(10-7-14)35-25(28,29)30)19-11-8-16(27)13-20(19)31(22)17-5-3-4-15(26)12-17/h3-13H,2H2,1H3. The minimum absolute atomic E-state index is 0.0135. The summed E-state index contributed by atoms with van der Waals surface area (Å²) in [5.74, 6) is -1.84. The Morgan fingerprint density at radius 2 is 1.63 bits per heavy atom. The van der Waals surface area contributed by atoms with Crippen molar-refractivity contribution < 1.29 is 32.2 Å². The van der Waals surface area contributed by atoms with Gasteiger partial charge in [-0.3, -0.25) is 4.79 Å². The van der Waals surface area contributed by atoms with E-state index in [0.717, 1.165) is 12.1 Å². The number of esters is 1. The van der Waals surface area contributed by atoms with Crippen molar-refractivity contribution in [3.05, 3.63) is 93.6 Å². The minimum atomic E-state index is -4.87. The molecule has 1 heterocycles. The average Bonchev–Trinajstić information content (AvgIpc) is 3.12. The fraction of sp³-hybridized carbons (Fsp3) is 0.120. The van der Waals surface area contributed by atoms with Crippen LogP contribution in [0.4, 0.5) is 13.2 Å². The van der Waals surface area contributed by atoms with E-state index in [1.54, 1.807) is 49.4 Å². The second kappa shape index (κ2) is 9.64. The quantitative estimate of drug-likeness (QED) is 0.198. The monoisotopic (exact) mass is 521 g/mol. The molecule has 0 radical (unpaired) electrons. The number of rotatable bonds is 6. The molecule has 0 aliphatic carbocycles. The van der Waals surface area contributed by atoms with E-state index < -0.39 is 23.9 Å². The fourth-order valence-electron chi connectivity index (χ4n) is 3.72. The van der Waals surface area contributed by atoms with Crippen LogP contribution in [0.5, 0.6) is 5.75 Å². The zero-order valence-corrected chi connectivity index (χ0v) is 19.5. The van der Waals surface area contributed by atoms with Gasteiger partial charge in [0.1, 0.15) is 11.4 Å². The molecule has 0 atom stereocenters. The largest absolute Gasteiger partial charge is 0.573 e. The number of hydrogen-bond acceptors (Lipinski definition) is 4. The molecule has 0 saturated carbocycles. The van der Waals surface area contributed by atoms with Gasteiger partial charge in [0, 0.05) is 26.7 Å². The van der Waals surface area contributed by atoms with Crippen molar-refractivity contribution in [3.63, 3.8) is 0 Å². The first-order chi connectivity index (χ1) is 16.6. The van der Waals surface area contributed by atoms with Gasteiger partial charge in [-0.2, -0.15) is 0 Å². The number of halogens is 5. The van der Waals surface area contributed by atoms with Crippen LogP contribution in [0.1, 0.15) is 33.3 Å². The molecular weight excluding hydrogens is 506 g/mol. The van der Waals surface area contributed by atoms with Crippen LogP contribution in [0.25, 0.3) is 16.6 Å². The van der Waals surface area contributed by atoms with Gasteiger partial charge in [-0.15, -0.1) is 13.2 Å². The van der Waals surface area contributed by atoms with Gasteiger partial charge in [0.25, 0.3) is 0 Å². The summed E-state index contributed by atoms with van der Waals surface area (Å²) in [6.07, 6.45) is -4.87. The summed E-state index contributed by atoms with van der Waals surface area (Å²) in [4.78, 5) is 26.8. The molecule has 0 spiro atoms. The number of ether oxygens (including phenoxy) is 2. The van der Waals surface area contributed by atoms with Crippen molar-refractivity contribution in [1.29, 1.82) is 0 Å². The molecule has 5 nitrogen and oxygen atoms in total. The van der Waals surface area contributed by atoms with E-state index in [1.165, 1.54) is 16.7 Å². The predicted molar refractivity (Wildman–Crippen MR) is 126 cm³/mol. The van der Waals surface area contributed by atoms with Crippen LogP contribution in [0.2, 0.25) is 10.0 Å². The van der Waals surface area contributed by atoms with Gasteiger partial charge in [0.2, 0.25) is 0 Å². The van der Waals surface area contributed by atoms with Crippen LogP contribution in [0.3, 0.4) is 0 Å². The second-order valence-electron chi connectivity index (χ2n) is 7.32. The number of carbonyl (C=O) groups excluding carboxylic acids is 2. The van der Waals surface area contributed by atoms with Crippen LogP contribution in [0.15, 0.2) is 66.7 Å². The molecule has 180 valence electrons. The molecule has 4 rings (SSSR count). The van der Waals surface area contributed by atoms with Gasteiger partial charge in [-0.05, 0) is 61.5 Å². The van der Waals surface area contributed by atoms with E-state index in [4.69, 9.17) is 27.9 Å². The summed E-state index contributed by atoms with van der Waals surface area (Å²) in [5.41, 5.74) is 0.931. The molecule has 0 amide bonds. The Morgan fingerprint density at radius 3 is 2.26 bits per heavy atom. The molecular formula is C25H16Cl2F3NO4. The summed E-state index contributed by atoms with van der Waals surface area (Å²) >= 11 is 12.4. The highest BCUT2D eigenvalue weighted by Gasteiger charge is 2.32. The van der Waals surface area contributed by atoms with E-state index in [1.807, 2.05) is 0 Å². The van der Waals surface area contributed by atoms with Crippen LogP contribution in [-0.2, 0) is 4.74 Å². The maximum absolute atomic E-state index is 13.6. The molecule has 4 aromatic rings. The first-order valence-electron chi connectivity index (χ1n) is 10.3. The van der Waals surface area contributed by atoms with Gasteiger partial charge >= 0.3 is 12.3 Å². The summed E-state index contributed by atoms with van der Waals surface area (Å²) in [7, 11) is 0. The maximum atomic E-state index is 13.6. The summed E-state index contributed by atoms with van der Waals surface area (Å²) in [5, 5.41) is 1.16. The van der Waals surface area contributed by atoms with Crippen molar-refractivity contribution in [2.75, 3.05) is 6.61 Å². The number of benzene rings is 3. The molecule has 1 aromatic heterocycles. The number of alkyl halides is 3. The van der Waals surface area contributed by atoms with E-state index in [9.17, 15) is 22.8 Å². The molecule has 35 heavy (non-hydrogen) atoms. The van der Waals surface area contributed by atoms with E-state index >= 15 is 0 Å². The molecule has 0 aliphatic rings. The van der Waals surface area contributed by atoms with Gasteiger partial charge in [0.15, 0.2) is 5.78 Å². The Kier molecular flexibility index (Phi) is 6.78.